The second-order valence-electron chi connectivity index (χ2n) is 4.50. The van der Waals surface area contributed by atoms with Crippen LogP contribution >= 0.6 is 11.6 Å². The molecular formula is C11H22ClNO2S. The maximum Gasteiger partial charge on any atom is 0.150 e. The van der Waals surface area contributed by atoms with Crippen molar-refractivity contribution in [1.82, 2.24) is 5.32 Å². The van der Waals surface area contributed by atoms with Crippen molar-refractivity contribution in [2.24, 2.45) is 5.92 Å². The van der Waals surface area contributed by atoms with Gasteiger partial charge in [-0.25, -0.2) is 8.42 Å². The van der Waals surface area contributed by atoms with Crippen LogP contribution in [0.3, 0.4) is 0 Å². The molecule has 16 heavy (non-hydrogen) atoms. The lowest BCUT2D eigenvalue weighted by atomic mass is 10.1. The van der Waals surface area contributed by atoms with Crippen molar-refractivity contribution >= 4 is 21.4 Å². The molecule has 0 aromatic heterocycles. The highest BCUT2D eigenvalue weighted by Gasteiger charge is 2.24. The summed E-state index contributed by atoms with van der Waals surface area (Å²) in [4.78, 5) is 0. The van der Waals surface area contributed by atoms with Crippen molar-refractivity contribution in [3.8, 4) is 0 Å². The smallest absolute Gasteiger partial charge is 0.150 e. The summed E-state index contributed by atoms with van der Waals surface area (Å²) in [5, 5.41) is 3.62. The fourth-order valence-corrected chi connectivity index (χ4v) is 3.31. The predicted octanol–water partition coefficient (Wildman–Crippen LogP) is 1.81. The van der Waals surface area contributed by atoms with E-state index in [2.05, 4.69) is 5.32 Å². The molecule has 2 unspecified atom stereocenters. The molecular weight excluding hydrogens is 246 g/mol. The summed E-state index contributed by atoms with van der Waals surface area (Å²) in [6.07, 6.45) is 4.26. The van der Waals surface area contributed by atoms with Crippen LogP contribution in [0, 0.1) is 5.92 Å². The van der Waals surface area contributed by atoms with Gasteiger partial charge in [-0.05, 0) is 38.3 Å². The number of hydrogen-bond donors (Lipinski definition) is 1. The zero-order valence-corrected chi connectivity index (χ0v) is 11.5. The van der Waals surface area contributed by atoms with Crippen LogP contribution in [-0.2, 0) is 9.84 Å². The lowest BCUT2D eigenvalue weighted by molar-refractivity contribution is 0.493. The van der Waals surface area contributed by atoms with Gasteiger partial charge in [0.1, 0.15) is 9.84 Å². The van der Waals surface area contributed by atoms with Crippen molar-refractivity contribution in [3.05, 3.63) is 0 Å². The minimum absolute atomic E-state index is 0.249. The molecule has 1 aliphatic rings. The maximum absolute atomic E-state index is 11.2. The molecule has 1 N–H and O–H groups in total. The van der Waals surface area contributed by atoms with E-state index in [-0.39, 0.29) is 5.75 Å². The van der Waals surface area contributed by atoms with Crippen LogP contribution in [0.25, 0.3) is 0 Å². The Labute approximate surface area is 104 Å². The number of halogens is 1. The third-order valence-electron chi connectivity index (χ3n) is 3.22. The lowest BCUT2D eigenvalue weighted by Crippen LogP contribution is -2.27. The van der Waals surface area contributed by atoms with Gasteiger partial charge in [-0.15, -0.1) is 11.6 Å². The largest absolute Gasteiger partial charge is 0.316 e. The zero-order valence-electron chi connectivity index (χ0n) is 9.91. The summed E-state index contributed by atoms with van der Waals surface area (Å²) in [7, 11) is -2.80. The Morgan fingerprint density at radius 1 is 1.38 bits per heavy atom. The molecule has 1 saturated carbocycles. The quantitative estimate of drug-likeness (QED) is 0.565. The highest BCUT2D eigenvalue weighted by molar-refractivity contribution is 7.91. The summed E-state index contributed by atoms with van der Waals surface area (Å²) in [5.41, 5.74) is 0. The number of sulfone groups is 1. The SMILES string of the molecule is CCS(=O)(=O)CCCNCC1CCCC1Cl. The van der Waals surface area contributed by atoms with Gasteiger partial charge in [0.05, 0.1) is 5.75 Å². The standard InChI is InChI=1S/C11H22ClNO2S/c1-2-16(14,15)8-4-7-13-9-10-5-3-6-11(10)12/h10-11,13H,2-9H2,1H3. The van der Waals surface area contributed by atoms with Gasteiger partial charge < -0.3 is 5.32 Å². The van der Waals surface area contributed by atoms with E-state index in [1.54, 1.807) is 6.92 Å². The summed E-state index contributed by atoms with van der Waals surface area (Å²) in [5.74, 6) is 1.12. The van der Waals surface area contributed by atoms with Crippen LogP contribution in [0.2, 0.25) is 0 Å². The molecule has 3 nitrogen and oxygen atoms in total. The van der Waals surface area contributed by atoms with Gasteiger partial charge in [-0.3, -0.25) is 0 Å². The van der Waals surface area contributed by atoms with Crippen molar-refractivity contribution in [2.75, 3.05) is 24.6 Å². The van der Waals surface area contributed by atoms with Gasteiger partial charge in [0.15, 0.2) is 0 Å². The molecule has 96 valence electrons. The topological polar surface area (TPSA) is 46.2 Å². The number of rotatable bonds is 7. The molecule has 0 saturated heterocycles. The van der Waals surface area contributed by atoms with Crippen molar-refractivity contribution in [2.45, 2.75) is 38.0 Å². The Kier molecular flexibility index (Phi) is 6.08. The van der Waals surface area contributed by atoms with Gasteiger partial charge in [0.2, 0.25) is 0 Å². The van der Waals surface area contributed by atoms with E-state index in [1.165, 1.54) is 12.8 Å². The summed E-state index contributed by atoms with van der Waals surface area (Å²) in [6.45, 7) is 3.40. The van der Waals surface area contributed by atoms with E-state index in [0.717, 1.165) is 19.5 Å². The molecule has 0 aromatic carbocycles. The average molecular weight is 268 g/mol. The molecule has 0 aliphatic heterocycles. The third kappa shape index (κ3) is 5.02. The molecule has 0 bridgehead atoms. The van der Waals surface area contributed by atoms with Gasteiger partial charge in [0.25, 0.3) is 0 Å². The Bertz CT molecular complexity index is 292. The second kappa shape index (κ2) is 6.82. The van der Waals surface area contributed by atoms with Crippen LogP contribution in [-0.4, -0.2) is 38.4 Å². The van der Waals surface area contributed by atoms with Crippen LogP contribution in [0.5, 0.6) is 0 Å². The molecule has 0 radical (unpaired) electrons. The van der Waals surface area contributed by atoms with E-state index in [4.69, 9.17) is 11.6 Å². The van der Waals surface area contributed by atoms with E-state index in [0.29, 0.717) is 23.5 Å². The zero-order chi connectivity index (χ0) is 12.0. The van der Waals surface area contributed by atoms with E-state index in [9.17, 15) is 8.42 Å². The number of hydrogen-bond acceptors (Lipinski definition) is 3. The van der Waals surface area contributed by atoms with Crippen molar-refractivity contribution in [1.29, 1.82) is 0 Å². The van der Waals surface area contributed by atoms with Crippen LogP contribution in [0.4, 0.5) is 0 Å². The first-order valence-electron chi connectivity index (χ1n) is 6.10. The molecule has 1 aliphatic carbocycles. The number of alkyl halides is 1. The monoisotopic (exact) mass is 267 g/mol. The molecule has 0 heterocycles. The summed E-state index contributed by atoms with van der Waals surface area (Å²) in [6, 6.07) is 0. The van der Waals surface area contributed by atoms with E-state index >= 15 is 0 Å². The first-order valence-corrected chi connectivity index (χ1v) is 8.36. The summed E-state index contributed by atoms with van der Waals surface area (Å²) < 4.78 is 22.4. The maximum atomic E-state index is 11.2. The fourth-order valence-electron chi connectivity index (χ4n) is 2.07. The first-order chi connectivity index (χ1) is 7.55. The minimum Gasteiger partial charge on any atom is -0.316 e. The Balaban J connectivity index is 2.04. The molecule has 1 fully saturated rings. The lowest BCUT2D eigenvalue weighted by Gasteiger charge is -2.14. The predicted molar refractivity (Wildman–Crippen MR) is 68.8 cm³/mol. The van der Waals surface area contributed by atoms with Crippen LogP contribution in [0.1, 0.15) is 32.6 Å². The van der Waals surface area contributed by atoms with Crippen molar-refractivity contribution < 1.29 is 8.42 Å². The Hall–Kier alpha value is 0.200. The van der Waals surface area contributed by atoms with E-state index < -0.39 is 9.84 Å². The Morgan fingerprint density at radius 3 is 2.69 bits per heavy atom. The fraction of sp³-hybridized carbons (Fsp3) is 1.00. The molecule has 2 atom stereocenters. The molecule has 1 rings (SSSR count). The van der Waals surface area contributed by atoms with Gasteiger partial charge in [0, 0.05) is 11.1 Å². The summed E-state index contributed by atoms with van der Waals surface area (Å²) >= 11 is 6.15. The Morgan fingerprint density at radius 2 is 2.12 bits per heavy atom. The highest BCUT2D eigenvalue weighted by Crippen LogP contribution is 2.29. The first kappa shape index (κ1) is 14.3. The average Bonchev–Trinajstić information content (AvgIpc) is 2.64. The second-order valence-corrected chi connectivity index (χ2v) is 7.53. The van der Waals surface area contributed by atoms with Gasteiger partial charge in [-0.1, -0.05) is 13.3 Å². The number of nitrogens with one attached hydrogen (secondary N) is 1. The van der Waals surface area contributed by atoms with Gasteiger partial charge in [-0.2, -0.15) is 0 Å². The van der Waals surface area contributed by atoms with Gasteiger partial charge >= 0.3 is 0 Å². The third-order valence-corrected chi connectivity index (χ3v) is 5.59. The molecule has 0 aromatic rings. The normalized spacial score (nSPS) is 26.1. The molecule has 0 amide bonds. The minimum atomic E-state index is -2.80. The van der Waals surface area contributed by atoms with Crippen LogP contribution < -0.4 is 5.32 Å². The highest BCUT2D eigenvalue weighted by atomic mass is 35.5. The van der Waals surface area contributed by atoms with Crippen LogP contribution in [0.15, 0.2) is 0 Å². The van der Waals surface area contributed by atoms with E-state index in [1.807, 2.05) is 0 Å². The van der Waals surface area contributed by atoms with Crippen molar-refractivity contribution in [3.63, 3.8) is 0 Å². The molecule has 0 spiro atoms. The molecule has 5 heteroatoms.